The van der Waals surface area contributed by atoms with E-state index in [-0.39, 0.29) is 0 Å². The van der Waals surface area contributed by atoms with E-state index in [0.717, 1.165) is 73.8 Å². The maximum Gasteiger partial charge on any atom is 0.335 e. The molecule has 0 saturated carbocycles. The zero-order valence-electron chi connectivity index (χ0n) is 26.8. The van der Waals surface area contributed by atoms with E-state index in [1.807, 2.05) is 12.1 Å². The molecular formula is C39H47NO5. The fourth-order valence-corrected chi connectivity index (χ4v) is 7.02. The normalized spacial score (nSPS) is 14.4. The SMILES string of the molecule is CCCCCCCc1cc(OCCCc2ccc(C(=O)O)cc2)cc2c3c(n(Cc4ccccc4CC)c12)CCCC3C(=O)O. The van der Waals surface area contributed by atoms with Crippen molar-refractivity contribution in [2.45, 2.75) is 103 Å². The van der Waals surface area contributed by atoms with Crippen molar-refractivity contribution < 1.29 is 24.5 Å². The van der Waals surface area contributed by atoms with E-state index >= 15 is 0 Å². The Morgan fingerprint density at radius 2 is 1.62 bits per heavy atom. The highest BCUT2D eigenvalue weighted by Crippen LogP contribution is 2.43. The molecule has 0 amide bonds. The first kappa shape index (κ1) is 32.3. The van der Waals surface area contributed by atoms with E-state index in [9.17, 15) is 19.8 Å². The van der Waals surface area contributed by atoms with Gasteiger partial charge in [0, 0.05) is 17.6 Å². The highest BCUT2D eigenvalue weighted by molar-refractivity contribution is 5.94. The van der Waals surface area contributed by atoms with Gasteiger partial charge in [-0.05, 0) is 103 Å². The van der Waals surface area contributed by atoms with Crippen LogP contribution in [0, 0.1) is 0 Å². The van der Waals surface area contributed by atoms with E-state index in [1.165, 1.54) is 53.6 Å². The molecule has 5 rings (SSSR count). The zero-order valence-corrected chi connectivity index (χ0v) is 26.8. The molecule has 0 aliphatic heterocycles. The average molecular weight is 610 g/mol. The Hall–Kier alpha value is -4.06. The third-order valence-corrected chi connectivity index (χ3v) is 9.37. The number of aliphatic carboxylic acids is 1. The molecule has 1 aliphatic rings. The molecule has 6 nitrogen and oxygen atoms in total. The van der Waals surface area contributed by atoms with Gasteiger partial charge < -0.3 is 19.5 Å². The minimum Gasteiger partial charge on any atom is -0.494 e. The number of unbranched alkanes of at least 4 members (excludes halogenated alkanes) is 4. The number of fused-ring (bicyclic) bond motifs is 3. The monoisotopic (exact) mass is 609 g/mol. The first-order chi connectivity index (χ1) is 21.9. The van der Waals surface area contributed by atoms with Crippen LogP contribution >= 0.6 is 0 Å². The lowest BCUT2D eigenvalue weighted by atomic mass is 9.85. The second-order valence-electron chi connectivity index (χ2n) is 12.4. The average Bonchev–Trinajstić information content (AvgIpc) is 3.36. The van der Waals surface area contributed by atoms with Crippen LogP contribution in [0.1, 0.15) is 115 Å². The highest BCUT2D eigenvalue weighted by Gasteiger charge is 2.33. The predicted molar refractivity (Wildman–Crippen MR) is 180 cm³/mol. The Kier molecular flexibility index (Phi) is 11.0. The molecule has 1 aromatic heterocycles. The van der Waals surface area contributed by atoms with Crippen molar-refractivity contribution in [3.05, 3.63) is 99.7 Å². The van der Waals surface area contributed by atoms with E-state index in [2.05, 4.69) is 54.8 Å². The number of carboxylic acid groups (broad SMARTS) is 2. The largest absolute Gasteiger partial charge is 0.494 e. The number of aromatic nitrogens is 1. The van der Waals surface area contributed by atoms with Crippen LogP contribution in [-0.2, 0) is 37.0 Å². The smallest absolute Gasteiger partial charge is 0.335 e. The van der Waals surface area contributed by atoms with Crippen molar-refractivity contribution in [2.75, 3.05) is 6.61 Å². The number of hydrogen-bond donors (Lipinski definition) is 2. The second-order valence-corrected chi connectivity index (χ2v) is 12.4. The molecule has 1 aliphatic carbocycles. The van der Waals surface area contributed by atoms with Crippen LogP contribution in [0.25, 0.3) is 10.9 Å². The number of ether oxygens (including phenoxy) is 1. The number of aromatic carboxylic acids is 1. The van der Waals surface area contributed by atoms with Gasteiger partial charge in [-0.25, -0.2) is 4.79 Å². The minimum absolute atomic E-state index is 0.290. The molecule has 3 aromatic carbocycles. The summed E-state index contributed by atoms with van der Waals surface area (Å²) in [5, 5.41) is 20.6. The number of carboxylic acids is 2. The van der Waals surface area contributed by atoms with Crippen molar-refractivity contribution in [2.24, 2.45) is 0 Å². The molecule has 0 fully saturated rings. The molecule has 0 saturated heterocycles. The predicted octanol–water partition coefficient (Wildman–Crippen LogP) is 8.98. The number of nitrogens with zero attached hydrogens (tertiary/aromatic N) is 1. The first-order valence-electron chi connectivity index (χ1n) is 16.8. The third-order valence-electron chi connectivity index (χ3n) is 9.37. The van der Waals surface area contributed by atoms with Crippen molar-refractivity contribution in [1.29, 1.82) is 0 Å². The molecule has 0 radical (unpaired) electrons. The van der Waals surface area contributed by atoms with Crippen molar-refractivity contribution in [1.82, 2.24) is 4.57 Å². The zero-order chi connectivity index (χ0) is 31.8. The van der Waals surface area contributed by atoms with E-state index in [4.69, 9.17) is 4.74 Å². The molecule has 1 unspecified atom stereocenters. The van der Waals surface area contributed by atoms with Crippen molar-refractivity contribution in [3.63, 3.8) is 0 Å². The molecule has 0 bridgehead atoms. The molecule has 1 atom stereocenters. The molecule has 1 heterocycles. The number of rotatable bonds is 16. The molecular weight excluding hydrogens is 562 g/mol. The van der Waals surface area contributed by atoms with Gasteiger partial charge in [-0.15, -0.1) is 0 Å². The van der Waals surface area contributed by atoms with Crippen LogP contribution in [-0.4, -0.2) is 33.3 Å². The van der Waals surface area contributed by atoms with Crippen LogP contribution in [0.4, 0.5) is 0 Å². The summed E-state index contributed by atoms with van der Waals surface area (Å²) in [6.07, 6.45) is 11.8. The summed E-state index contributed by atoms with van der Waals surface area (Å²) in [5.74, 6) is -1.38. The molecule has 4 aromatic rings. The maximum atomic E-state index is 12.6. The van der Waals surface area contributed by atoms with Crippen LogP contribution in [0.2, 0.25) is 0 Å². The fourth-order valence-electron chi connectivity index (χ4n) is 7.02. The minimum atomic E-state index is -0.919. The van der Waals surface area contributed by atoms with E-state index in [0.29, 0.717) is 18.6 Å². The van der Waals surface area contributed by atoms with Gasteiger partial charge in [0.25, 0.3) is 0 Å². The van der Waals surface area contributed by atoms with Gasteiger partial charge >= 0.3 is 11.9 Å². The van der Waals surface area contributed by atoms with E-state index in [1.54, 1.807) is 12.1 Å². The summed E-state index contributed by atoms with van der Waals surface area (Å²) in [6, 6.07) is 19.9. The van der Waals surface area contributed by atoms with Crippen LogP contribution in [0.15, 0.2) is 60.7 Å². The Balaban J connectivity index is 1.50. The summed E-state index contributed by atoms with van der Waals surface area (Å²) in [7, 11) is 0. The first-order valence-corrected chi connectivity index (χ1v) is 16.8. The van der Waals surface area contributed by atoms with Gasteiger partial charge in [-0.3, -0.25) is 4.79 Å². The lowest BCUT2D eigenvalue weighted by Gasteiger charge is -2.22. The van der Waals surface area contributed by atoms with Crippen LogP contribution < -0.4 is 4.74 Å². The molecule has 238 valence electrons. The number of carbonyl (C=O) groups is 2. The Morgan fingerprint density at radius 3 is 2.33 bits per heavy atom. The van der Waals surface area contributed by atoms with Gasteiger partial charge in [0.2, 0.25) is 0 Å². The maximum absolute atomic E-state index is 12.6. The topological polar surface area (TPSA) is 88.8 Å². The number of benzene rings is 3. The van der Waals surface area contributed by atoms with Gasteiger partial charge in [0.1, 0.15) is 5.75 Å². The Morgan fingerprint density at radius 1 is 0.867 bits per heavy atom. The van der Waals surface area contributed by atoms with Gasteiger partial charge in [0.05, 0.1) is 23.6 Å². The molecule has 6 heteroatoms. The van der Waals surface area contributed by atoms with Crippen LogP contribution in [0.5, 0.6) is 5.75 Å². The summed E-state index contributed by atoms with van der Waals surface area (Å²) in [5.41, 5.74) is 8.57. The number of hydrogen-bond acceptors (Lipinski definition) is 3. The second kappa shape index (κ2) is 15.3. The molecule has 0 spiro atoms. The Labute approximate surface area is 267 Å². The fraction of sp³-hybridized carbons (Fsp3) is 0.436. The quantitative estimate of drug-likeness (QED) is 0.124. The third kappa shape index (κ3) is 7.61. The lowest BCUT2D eigenvalue weighted by Crippen LogP contribution is -2.19. The molecule has 2 N–H and O–H groups in total. The Bertz CT molecular complexity index is 1620. The van der Waals surface area contributed by atoms with Gasteiger partial charge in [-0.1, -0.05) is 75.9 Å². The lowest BCUT2D eigenvalue weighted by molar-refractivity contribution is -0.139. The summed E-state index contributed by atoms with van der Waals surface area (Å²) < 4.78 is 8.83. The molecule has 45 heavy (non-hydrogen) atoms. The highest BCUT2D eigenvalue weighted by atomic mass is 16.5. The van der Waals surface area contributed by atoms with E-state index < -0.39 is 17.9 Å². The van der Waals surface area contributed by atoms with Gasteiger partial charge in [-0.2, -0.15) is 0 Å². The van der Waals surface area contributed by atoms with Crippen molar-refractivity contribution >= 4 is 22.8 Å². The van der Waals surface area contributed by atoms with Crippen molar-refractivity contribution in [3.8, 4) is 5.75 Å². The number of aryl methyl sites for hydroxylation is 3. The summed E-state index contributed by atoms with van der Waals surface area (Å²) in [6.45, 7) is 5.70. The summed E-state index contributed by atoms with van der Waals surface area (Å²) in [4.78, 5) is 23.8. The standard InChI is InChI=1S/C39H47NO5/c1-3-5-6-7-8-15-30-24-32(45-23-12-13-27-19-21-29(22-20-27)38(41)42)25-34-36-33(39(43)44)17-11-18-35(36)40(37(30)34)26-31-16-10-9-14-28(31)4-2/h9-10,14,16,19-22,24-25,33H,3-8,11-13,15,17-18,23,26H2,1-2H3,(H,41,42)(H,43,44). The van der Waals surface area contributed by atoms with Gasteiger partial charge in [0.15, 0.2) is 0 Å². The summed E-state index contributed by atoms with van der Waals surface area (Å²) >= 11 is 0. The van der Waals surface area contributed by atoms with Crippen LogP contribution in [0.3, 0.4) is 0 Å².